The van der Waals surface area contributed by atoms with Crippen molar-refractivity contribution in [1.82, 2.24) is 9.80 Å². The zero-order valence-corrected chi connectivity index (χ0v) is 12.9. The fraction of sp³-hybridized carbons (Fsp3) is 0.389. The summed E-state index contributed by atoms with van der Waals surface area (Å²) < 4.78 is 0. The molecule has 1 aromatic rings. The molecule has 1 aromatic carbocycles. The standard InChI is InChI=1S/C18H19N3O2/c19-11-14-5-7-15(8-6-14)12-20-9-10-21(13-17(20)22)18(23)16-3-1-2-4-16/h1-2,5-8,16H,3-4,9-10,12-13H2. The fourth-order valence-corrected chi connectivity index (χ4v) is 3.05. The van der Waals surface area contributed by atoms with Crippen LogP contribution in [0.15, 0.2) is 36.4 Å². The molecule has 0 unspecified atom stereocenters. The molecule has 0 atom stereocenters. The van der Waals surface area contributed by atoms with E-state index in [0.717, 1.165) is 18.4 Å². The Morgan fingerprint density at radius 3 is 2.48 bits per heavy atom. The van der Waals surface area contributed by atoms with Crippen LogP contribution < -0.4 is 0 Å². The monoisotopic (exact) mass is 309 g/mol. The van der Waals surface area contributed by atoms with Gasteiger partial charge in [0.2, 0.25) is 11.8 Å². The molecule has 1 heterocycles. The van der Waals surface area contributed by atoms with Crippen LogP contribution in [0.4, 0.5) is 0 Å². The van der Waals surface area contributed by atoms with Gasteiger partial charge >= 0.3 is 0 Å². The lowest BCUT2D eigenvalue weighted by Crippen LogP contribution is -2.53. The summed E-state index contributed by atoms with van der Waals surface area (Å²) in [5.41, 5.74) is 1.61. The number of carbonyl (C=O) groups is 2. The third-order valence-corrected chi connectivity index (χ3v) is 4.44. The molecule has 1 aliphatic carbocycles. The molecule has 0 aromatic heterocycles. The second-order valence-corrected chi connectivity index (χ2v) is 6.02. The zero-order chi connectivity index (χ0) is 16.2. The molecule has 118 valence electrons. The summed E-state index contributed by atoms with van der Waals surface area (Å²) >= 11 is 0. The van der Waals surface area contributed by atoms with E-state index in [0.29, 0.717) is 25.2 Å². The number of nitrogens with zero attached hydrogens (tertiary/aromatic N) is 3. The first kappa shape index (κ1) is 15.3. The summed E-state index contributed by atoms with van der Waals surface area (Å²) in [4.78, 5) is 28.1. The number of rotatable bonds is 3. The number of benzene rings is 1. The molecule has 2 aliphatic rings. The highest BCUT2D eigenvalue weighted by Crippen LogP contribution is 2.21. The molecule has 5 nitrogen and oxygen atoms in total. The quantitative estimate of drug-likeness (QED) is 0.798. The van der Waals surface area contributed by atoms with Gasteiger partial charge in [-0.3, -0.25) is 9.59 Å². The Kier molecular flexibility index (Phi) is 4.42. The van der Waals surface area contributed by atoms with E-state index in [9.17, 15) is 9.59 Å². The van der Waals surface area contributed by atoms with Crippen LogP contribution in [0.5, 0.6) is 0 Å². The first-order chi connectivity index (χ1) is 11.2. The highest BCUT2D eigenvalue weighted by atomic mass is 16.2. The molecular weight excluding hydrogens is 290 g/mol. The van der Waals surface area contributed by atoms with Crippen molar-refractivity contribution in [3.63, 3.8) is 0 Å². The number of amides is 2. The van der Waals surface area contributed by atoms with E-state index < -0.39 is 0 Å². The Balaban J connectivity index is 1.57. The largest absolute Gasteiger partial charge is 0.335 e. The molecule has 1 fully saturated rings. The number of hydrogen-bond donors (Lipinski definition) is 0. The lowest BCUT2D eigenvalue weighted by atomic mass is 10.1. The van der Waals surface area contributed by atoms with Crippen molar-refractivity contribution in [3.05, 3.63) is 47.5 Å². The van der Waals surface area contributed by atoms with Crippen molar-refractivity contribution < 1.29 is 9.59 Å². The van der Waals surface area contributed by atoms with E-state index in [-0.39, 0.29) is 24.3 Å². The molecule has 2 amide bonds. The van der Waals surface area contributed by atoms with Crippen LogP contribution >= 0.6 is 0 Å². The number of allylic oxidation sites excluding steroid dienone is 2. The van der Waals surface area contributed by atoms with E-state index in [1.165, 1.54) is 0 Å². The predicted octanol–water partition coefficient (Wildman–Crippen LogP) is 1.70. The second-order valence-electron chi connectivity index (χ2n) is 6.02. The number of piperazine rings is 1. The molecule has 0 saturated carbocycles. The summed E-state index contributed by atoms with van der Waals surface area (Å²) in [6.45, 7) is 1.85. The summed E-state index contributed by atoms with van der Waals surface area (Å²) in [7, 11) is 0. The van der Waals surface area contributed by atoms with Crippen molar-refractivity contribution in [2.45, 2.75) is 19.4 Å². The SMILES string of the molecule is N#Cc1ccc(CN2CCN(C(=O)C3CC=CC3)CC2=O)cc1. The van der Waals surface area contributed by atoms with Crippen LogP contribution in [0, 0.1) is 17.2 Å². The smallest absolute Gasteiger partial charge is 0.242 e. The number of hydrogen-bond acceptors (Lipinski definition) is 3. The fourth-order valence-electron chi connectivity index (χ4n) is 3.05. The van der Waals surface area contributed by atoms with Crippen molar-refractivity contribution in [2.75, 3.05) is 19.6 Å². The summed E-state index contributed by atoms with van der Waals surface area (Å²) in [6, 6.07) is 9.33. The van der Waals surface area contributed by atoms with Crippen molar-refractivity contribution in [1.29, 1.82) is 5.26 Å². The molecule has 23 heavy (non-hydrogen) atoms. The first-order valence-corrected chi connectivity index (χ1v) is 7.88. The van der Waals surface area contributed by atoms with Crippen LogP contribution in [-0.4, -0.2) is 41.2 Å². The van der Waals surface area contributed by atoms with E-state index >= 15 is 0 Å². The van der Waals surface area contributed by atoms with Crippen molar-refractivity contribution in [2.24, 2.45) is 5.92 Å². The number of nitriles is 1. The first-order valence-electron chi connectivity index (χ1n) is 7.88. The maximum absolute atomic E-state index is 12.4. The average molecular weight is 309 g/mol. The van der Waals surface area contributed by atoms with Gasteiger partial charge in [0.15, 0.2) is 0 Å². The second kappa shape index (κ2) is 6.66. The molecule has 0 bridgehead atoms. The molecule has 0 N–H and O–H groups in total. The molecule has 1 saturated heterocycles. The van der Waals surface area contributed by atoms with Gasteiger partial charge in [0.05, 0.1) is 18.2 Å². The minimum atomic E-state index is -0.0140. The van der Waals surface area contributed by atoms with Crippen LogP contribution in [0.25, 0.3) is 0 Å². The third kappa shape index (κ3) is 3.42. The maximum Gasteiger partial charge on any atom is 0.242 e. The van der Waals surface area contributed by atoms with Gasteiger partial charge in [0.25, 0.3) is 0 Å². The minimum absolute atomic E-state index is 0.0140. The zero-order valence-electron chi connectivity index (χ0n) is 12.9. The van der Waals surface area contributed by atoms with Gasteiger partial charge in [-0.05, 0) is 30.5 Å². The maximum atomic E-state index is 12.4. The summed E-state index contributed by atoms with van der Waals surface area (Å²) in [5, 5.41) is 8.81. The van der Waals surface area contributed by atoms with E-state index in [2.05, 4.69) is 6.07 Å². The Morgan fingerprint density at radius 1 is 1.17 bits per heavy atom. The summed E-state index contributed by atoms with van der Waals surface area (Å²) in [6.07, 6.45) is 5.65. The van der Waals surface area contributed by atoms with Crippen LogP contribution in [0.1, 0.15) is 24.0 Å². The molecule has 3 rings (SSSR count). The van der Waals surface area contributed by atoms with E-state index in [4.69, 9.17) is 5.26 Å². The summed E-state index contributed by atoms with van der Waals surface area (Å²) in [5.74, 6) is 0.106. The van der Waals surface area contributed by atoms with Gasteiger partial charge in [-0.25, -0.2) is 0 Å². The van der Waals surface area contributed by atoms with Crippen molar-refractivity contribution in [3.8, 4) is 6.07 Å². The Bertz CT molecular complexity index is 665. The molecule has 0 spiro atoms. The van der Waals surface area contributed by atoms with E-state index in [1.54, 1.807) is 21.9 Å². The van der Waals surface area contributed by atoms with Gasteiger partial charge < -0.3 is 9.80 Å². The van der Waals surface area contributed by atoms with Gasteiger partial charge in [0.1, 0.15) is 0 Å². The Hall–Kier alpha value is -2.61. The molecule has 0 radical (unpaired) electrons. The van der Waals surface area contributed by atoms with Crippen LogP contribution in [0.2, 0.25) is 0 Å². The highest BCUT2D eigenvalue weighted by molar-refractivity contribution is 5.87. The average Bonchev–Trinajstić information content (AvgIpc) is 3.11. The lowest BCUT2D eigenvalue weighted by molar-refractivity contribution is -0.147. The normalized spacial score (nSPS) is 18.3. The topological polar surface area (TPSA) is 64.4 Å². The highest BCUT2D eigenvalue weighted by Gasteiger charge is 2.31. The molecule has 5 heteroatoms. The van der Waals surface area contributed by atoms with E-state index in [1.807, 2.05) is 24.3 Å². The molecule has 1 aliphatic heterocycles. The van der Waals surface area contributed by atoms with Gasteiger partial charge in [-0.15, -0.1) is 0 Å². The Labute approximate surface area is 135 Å². The molecular formula is C18H19N3O2. The minimum Gasteiger partial charge on any atom is -0.335 e. The lowest BCUT2D eigenvalue weighted by Gasteiger charge is -2.35. The van der Waals surface area contributed by atoms with Gasteiger partial charge in [0, 0.05) is 25.6 Å². The Morgan fingerprint density at radius 2 is 1.87 bits per heavy atom. The van der Waals surface area contributed by atoms with Crippen LogP contribution in [0.3, 0.4) is 0 Å². The third-order valence-electron chi connectivity index (χ3n) is 4.44. The van der Waals surface area contributed by atoms with Crippen LogP contribution in [-0.2, 0) is 16.1 Å². The van der Waals surface area contributed by atoms with Gasteiger partial charge in [-0.1, -0.05) is 24.3 Å². The van der Waals surface area contributed by atoms with Crippen molar-refractivity contribution >= 4 is 11.8 Å². The van der Waals surface area contributed by atoms with Gasteiger partial charge in [-0.2, -0.15) is 5.26 Å². The number of carbonyl (C=O) groups excluding carboxylic acids is 2. The predicted molar refractivity (Wildman–Crippen MR) is 85.0 cm³/mol.